The first-order chi connectivity index (χ1) is 6.92. The van der Waals surface area contributed by atoms with E-state index in [9.17, 15) is 0 Å². The summed E-state index contributed by atoms with van der Waals surface area (Å²) in [4.78, 5) is 0. The van der Waals surface area contributed by atoms with Crippen molar-refractivity contribution in [3.05, 3.63) is 12.4 Å². The maximum Gasteiger partial charge on any atom is 0.0723 e. The zero-order valence-electron chi connectivity index (χ0n) is 8.37. The Morgan fingerprint density at radius 3 is 3.07 bits per heavy atom. The molecule has 2 aliphatic carbocycles. The van der Waals surface area contributed by atoms with E-state index in [1.165, 1.54) is 25.7 Å². The smallest absolute Gasteiger partial charge is 0.0723 e. The molecule has 2 fully saturated rings. The Morgan fingerprint density at radius 2 is 2.43 bits per heavy atom. The number of nitrogens with one attached hydrogen (secondary N) is 2. The van der Waals surface area contributed by atoms with Crippen molar-refractivity contribution in [2.24, 2.45) is 17.8 Å². The molecular weight excluding hydrogens is 174 g/mol. The maximum atomic E-state index is 3.93. The van der Waals surface area contributed by atoms with Crippen molar-refractivity contribution >= 4 is 5.69 Å². The second kappa shape index (κ2) is 3.30. The van der Waals surface area contributed by atoms with Crippen molar-refractivity contribution in [2.45, 2.75) is 25.7 Å². The zero-order valence-corrected chi connectivity index (χ0v) is 8.37. The molecule has 0 aliphatic heterocycles. The fraction of sp³-hybridized carbons (Fsp3) is 0.727. The largest absolute Gasteiger partial charge is 0.382 e. The lowest BCUT2D eigenvalue weighted by atomic mass is 9.89. The van der Waals surface area contributed by atoms with Crippen LogP contribution in [0.1, 0.15) is 25.7 Å². The first-order valence-corrected chi connectivity index (χ1v) is 5.64. The zero-order chi connectivity index (χ0) is 9.38. The van der Waals surface area contributed by atoms with E-state index < -0.39 is 0 Å². The van der Waals surface area contributed by atoms with Crippen LogP contribution in [0, 0.1) is 17.8 Å². The van der Waals surface area contributed by atoms with Crippen LogP contribution in [0.2, 0.25) is 0 Å². The number of aromatic amines is 1. The van der Waals surface area contributed by atoms with E-state index >= 15 is 0 Å². The molecule has 3 unspecified atom stereocenters. The Bertz CT molecular complexity index is 293. The molecule has 3 rings (SSSR count). The molecule has 3 atom stereocenters. The SMILES string of the molecule is c1n[nH]cc1NCC1CC2CCC1C2. The lowest BCUT2D eigenvalue weighted by Gasteiger charge is -2.21. The predicted octanol–water partition coefficient (Wildman–Crippen LogP) is 2.26. The van der Waals surface area contributed by atoms with Crippen LogP contribution in [0.15, 0.2) is 12.4 Å². The summed E-state index contributed by atoms with van der Waals surface area (Å²) in [5, 5.41) is 10.2. The van der Waals surface area contributed by atoms with E-state index in [-0.39, 0.29) is 0 Å². The molecule has 2 N–H and O–H groups in total. The number of nitrogens with zero attached hydrogens (tertiary/aromatic N) is 1. The summed E-state index contributed by atoms with van der Waals surface area (Å²) in [5.41, 5.74) is 1.13. The highest BCUT2D eigenvalue weighted by Gasteiger charge is 2.38. The van der Waals surface area contributed by atoms with Gasteiger partial charge < -0.3 is 5.32 Å². The Hall–Kier alpha value is -0.990. The van der Waals surface area contributed by atoms with Crippen molar-refractivity contribution in [1.82, 2.24) is 10.2 Å². The normalized spacial score (nSPS) is 35.0. The van der Waals surface area contributed by atoms with Crippen LogP contribution in [0.4, 0.5) is 5.69 Å². The second-order valence-corrected chi connectivity index (χ2v) is 4.80. The maximum absolute atomic E-state index is 3.93. The van der Waals surface area contributed by atoms with E-state index in [1.807, 2.05) is 12.4 Å². The van der Waals surface area contributed by atoms with Gasteiger partial charge in [0.25, 0.3) is 0 Å². The number of anilines is 1. The molecule has 1 heterocycles. The van der Waals surface area contributed by atoms with Crippen molar-refractivity contribution in [2.75, 3.05) is 11.9 Å². The summed E-state index contributed by atoms with van der Waals surface area (Å²) < 4.78 is 0. The molecule has 76 valence electrons. The number of hydrogen-bond acceptors (Lipinski definition) is 2. The van der Waals surface area contributed by atoms with E-state index in [2.05, 4.69) is 15.5 Å². The van der Waals surface area contributed by atoms with Crippen molar-refractivity contribution < 1.29 is 0 Å². The number of fused-ring (bicyclic) bond motifs is 2. The standard InChI is InChI=1S/C11H17N3/c1-2-9-3-8(1)4-10(9)5-12-11-6-13-14-7-11/h6-10,12H,1-5H2,(H,13,14). The molecular formula is C11H17N3. The van der Waals surface area contributed by atoms with Gasteiger partial charge in [-0.3, -0.25) is 5.10 Å². The Kier molecular flexibility index (Phi) is 1.96. The van der Waals surface area contributed by atoms with E-state index in [0.717, 1.165) is 30.0 Å². The van der Waals surface area contributed by atoms with Crippen LogP contribution in [0.25, 0.3) is 0 Å². The van der Waals surface area contributed by atoms with E-state index in [1.54, 1.807) is 0 Å². The third-order valence-electron chi connectivity index (χ3n) is 3.95. The molecule has 2 bridgehead atoms. The highest BCUT2D eigenvalue weighted by molar-refractivity contribution is 5.37. The number of hydrogen-bond donors (Lipinski definition) is 2. The van der Waals surface area contributed by atoms with Crippen molar-refractivity contribution in [3.8, 4) is 0 Å². The van der Waals surface area contributed by atoms with Gasteiger partial charge in [0.1, 0.15) is 0 Å². The third-order valence-corrected chi connectivity index (χ3v) is 3.95. The average molecular weight is 191 g/mol. The molecule has 0 spiro atoms. The minimum absolute atomic E-state index is 0.920. The van der Waals surface area contributed by atoms with Gasteiger partial charge in [-0.15, -0.1) is 0 Å². The predicted molar refractivity (Wildman–Crippen MR) is 56.0 cm³/mol. The molecule has 0 saturated heterocycles. The molecule has 1 aromatic rings. The van der Waals surface area contributed by atoms with E-state index in [0.29, 0.717) is 0 Å². The molecule has 2 saturated carbocycles. The van der Waals surface area contributed by atoms with Crippen LogP contribution in [0.3, 0.4) is 0 Å². The summed E-state index contributed by atoms with van der Waals surface area (Å²) in [7, 11) is 0. The van der Waals surface area contributed by atoms with Gasteiger partial charge in [-0.05, 0) is 37.0 Å². The minimum Gasteiger partial charge on any atom is -0.382 e. The summed E-state index contributed by atoms with van der Waals surface area (Å²) >= 11 is 0. The molecule has 0 radical (unpaired) electrons. The third kappa shape index (κ3) is 1.41. The van der Waals surface area contributed by atoms with Gasteiger partial charge >= 0.3 is 0 Å². The highest BCUT2D eigenvalue weighted by atomic mass is 15.1. The van der Waals surface area contributed by atoms with Crippen LogP contribution in [-0.2, 0) is 0 Å². The van der Waals surface area contributed by atoms with Crippen LogP contribution in [-0.4, -0.2) is 16.7 Å². The lowest BCUT2D eigenvalue weighted by Crippen LogP contribution is -2.19. The second-order valence-electron chi connectivity index (χ2n) is 4.80. The van der Waals surface area contributed by atoms with Gasteiger partial charge in [0, 0.05) is 12.7 Å². The van der Waals surface area contributed by atoms with Gasteiger partial charge in [0.15, 0.2) is 0 Å². The first-order valence-electron chi connectivity index (χ1n) is 5.64. The topological polar surface area (TPSA) is 40.7 Å². The average Bonchev–Trinajstić information content (AvgIpc) is 2.91. The van der Waals surface area contributed by atoms with Gasteiger partial charge in [-0.1, -0.05) is 6.42 Å². The lowest BCUT2D eigenvalue weighted by molar-refractivity contribution is 0.348. The highest BCUT2D eigenvalue weighted by Crippen LogP contribution is 2.48. The Balaban J connectivity index is 1.54. The summed E-state index contributed by atoms with van der Waals surface area (Å²) in [5.74, 6) is 2.99. The van der Waals surface area contributed by atoms with Crippen LogP contribution >= 0.6 is 0 Å². The summed E-state index contributed by atoms with van der Waals surface area (Å²) in [6.45, 7) is 1.14. The molecule has 14 heavy (non-hydrogen) atoms. The van der Waals surface area contributed by atoms with Gasteiger partial charge in [-0.25, -0.2) is 0 Å². The molecule has 0 amide bonds. The first kappa shape index (κ1) is 8.33. The fourth-order valence-electron chi connectivity index (χ4n) is 3.22. The van der Waals surface area contributed by atoms with Gasteiger partial charge in [0.2, 0.25) is 0 Å². The van der Waals surface area contributed by atoms with Gasteiger partial charge in [0.05, 0.1) is 11.9 Å². The molecule has 3 heteroatoms. The molecule has 1 aromatic heterocycles. The van der Waals surface area contributed by atoms with Crippen LogP contribution < -0.4 is 5.32 Å². The minimum atomic E-state index is 0.920. The summed E-state index contributed by atoms with van der Waals surface area (Å²) in [6.07, 6.45) is 9.70. The molecule has 3 nitrogen and oxygen atoms in total. The number of aromatic nitrogens is 2. The number of rotatable bonds is 3. The van der Waals surface area contributed by atoms with E-state index in [4.69, 9.17) is 0 Å². The molecule has 2 aliphatic rings. The van der Waals surface area contributed by atoms with Crippen molar-refractivity contribution in [1.29, 1.82) is 0 Å². The monoisotopic (exact) mass is 191 g/mol. The quantitative estimate of drug-likeness (QED) is 0.769. The fourth-order valence-corrected chi connectivity index (χ4v) is 3.22. The van der Waals surface area contributed by atoms with Gasteiger partial charge in [-0.2, -0.15) is 5.10 Å². The summed E-state index contributed by atoms with van der Waals surface area (Å²) in [6, 6.07) is 0. The van der Waals surface area contributed by atoms with Crippen molar-refractivity contribution in [3.63, 3.8) is 0 Å². The Morgan fingerprint density at radius 1 is 1.43 bits per heavy atom. The molecule has 0 aromatic carbocycles. The van der Waals surface area contributed by atoms with Crippen LogP contribution in [0.5, 0.6) is 0 Å². The Labute approximate surface area is 84.3 Å². The number of H-pyrrole nitrogens is 1.